The molecule has 1 N–H and O–H groups in total. The molecule has 2 aromatic carbocycles. The normalized spacial score (nSPS) is 19.4. The van der Waals surface area contributed by atoms with E-state index < -0.39 is 0 Å². The Morgan fingerprint density at radius 2 is 1.86 bits per heavy atom. The number of carbonyl (C=O) groups excluding carboxylic acids is 1. The van der Waals surface area contributed by atoms with E-state index in [1.807, 2.05) is 19.9 Å². The molecule has 0 saturated carbocycles. The highest BCUT2D eigenvalue weighted by Gasteiger charge is 2.40. The van der Waals surface area contributed by atoms with Gasteiger partial charge in [0.2, 0.25) is 0 Å². The van der Waals surface area contributed by atoms with Crippen LogP contribution < -0.4 is 0 Å². The fourth-order valence-corrected chi connectivity index (χ4v) is 4.55. The Kier molecular flexibility index (Phi) is 5.72. The second-order valence-corrected chi connectivity index (χ2v) is 8.23. The van der Waals surface area contributed by atoms with Gasteiger partial charge in [0.1, 0.15) is 6.04 Å². The third-order valence-corrected chi connectivity index (χ3v) is 5.77. The van der Waals surface area contributed by atoms with Gasteiger partial charge < -0.3 is 9.72 Å². The van der Waals surface area contributed by atoms with E-state index >= 15 is 0 Å². The predicted octanol–water partition coefficient (Wildman–Crippen LogP) is 5.39. The highest BCUT2D eigenvalue weighted by atomic mass is 16.5. The fraction of sp³-hybridized carbons (Fsp3) is 0.400. The van der Waals surface area contributed by atoms with Crippen LogP contribution in [0.3, 0.4) is 0 Å². The molecule has 4 heteroatoms. The Morgan fingerprint density at radius 1 is 1.14 bits per heavy atom. The van der Waals surface area contributed by atoms with Crippen molar-refractivity contribution in [2.24, 2.45) is 0 Å². The summed E-state index contributed by atoms with van der Waals surface area (Å²) >= 11 is 0. The summed E-state index contributed by atoms with van der Waals surface area (Å²) in [5.41, 5.74) is 4.90. The van der Waals surface area contributed by atoms with E-state index in [4.69, 9.17) is 4.74 Å². The highest BCUT2D eigenvalue weighted by molar-refractivity contribution is 5.87. The number of aromatic amines is 1. The van der Waals surface area contributed by atoms with Crippen LogP contribution >= 0.6 is 0 Å². The van der Waals surface area contributed by atoms with E-state index in [2.05, 4.69) is 65.3 Å². The van der Waals surface area contributed by atoms with Crippen LogP contribution in [0.15, 0.2) is 54.6 Å². The van der Waals surface area contributed by atoms with Crippen molar-refractivity contribution >= 4 is 16.9 Å². The number of fused-ring (bicyclic) bond motifs is 3. The standard InChI is InChI=1S/C25H30N2O2/c1-4-10-22-24-20(19-13-8-9-14-21(19)26-24)15-23(25(28)29-17(2)3)27(22)16-18-11-6-5-7-12-18/h5-9,11-14,17,22-23,26H,4,10,15-16H2,1-3H3/t22-,23+/m0/s1. The number of benzene rings is 2. The van der Waals surface area contributed by atoms with Gasteiger partial charge in [0.15, 0.2) is 0 Å². The van der Waals surface area contributed by atoms with Crippen LogP contribution in [-0.2, 0) is 22.5 Å². The average molecular weight is 391 g/mol. The van der Waals surface area contributed by atoms with E-state index in [1.54, 1.807) is 0 Å². The number of nitrogens with one attached hydrogen (secondary N) is 1. The highest BCUT2D eigenvalue weighted by Crippen LogP contribution is 2.40. The summed E-state index contributed by atoms with van der Waals surface area (Å²) in [7, 11) is 0. The van der Waals surface area contributed by atoms with Gasteiger partial charge in [-0.05, 0) is 37.5 Å². The van der Waals surface area contributed by atoms with Crippen molar-refractivity contribution in [3.63, 3.8) is 0 Å². The van der Waals surface area contributed by atoms with Crippen LogP contribution in [0.5, 0.6) is 0 Å². The number of hydrogen-bond acceptors (Lipinski definition) is 3. The Morgan fingerprint density at radius 3 is 2.59 bits per heavy atom. The number of aromatic nitrogens is 1. The van der Waals surface area contributed by atoms with Crippen LogP contribution in [0, 0.1) is 0 Å². The van der Waals surface area contributed by atoms with Gasteiger partial charge >= 0.3 is 5.97 Å². The minimum Gasteiger partial charge on any atom is -0.462 e. The van der Waals surface area contributed by atoms with E-state index in [0.29, 0.717) is 6.42 Å². The third-order valence-electron chi connectivity index (χ3n) is 5.77. The maximum atomic E-state index is 13.2. The number of ether oxygens (including phenoxy) is 1. The predicted molar refractivity (Wildman–Crippen MR) is 117 cm³/mol. The van der Waals surface area contributed by atoms with E-state index in [-0.39, 0.29) is 24.2 Å². The van der Waals surface area contributed by atoms with Crippen molar-refractivity contribution in [2.75, 3.05) is 0 Å². The Bertz CT molecular complexity index is 977. The average Bonchev–Trinajstić information content (AvgIpc) is 3.08. The minimum atomic E-state index is -0.277. The van der Waals surface area contributed by atoms with Gasteiger partial charge in [-0.3, -0.25) is 9.69 Å². The summed E-state index contributed by atoms with van der Waals surface area (Å²) in [5, 5.41) is 1.23. The van der Waals surface area contributed by atoms with Crippen LogP contribution in [0.25, 0.3) is 10.9 Å². The molecule has 4 nitrogen and oxygen atoms in total. The van der Waals surface area contributed by atoms with E-state index in [9.17, 15) is 4.79 Å². The topological polar surface area (TPSA) is 45.3 Å². The number of carbonyl (C=O) groups is 1. The van der Waals surface area contributed by atoms with Crippen molar-refractivity contribution in [3.05, 3.63) is 71.4 Å². The summed E-state index contributed by atoms with van der Waals surface area (Å²) in [5.74, 6) is -0.118. The Balaban J connectivity index is 1.80. The van der Waals surface area contributed by atoms with Gasteiger partial charge in [-0.15, -0.1) is 0 Å². The molecule has 0 spiro atoms. The zero-order valence-corrected chi connectivity index (χ0v) is 17.5. The van der Waals surface area contributed by atoms with Crippen LogP contribution in [0.2, 0.25) is 0 Å². The van der Waals surface area contributed by atoms with Gasteiger partial charge in [0.05, 0.1) is 12.1 Å². The lowest BCUT2D eigenvalue weighted by atomic mass is 9.89. The first-order valence-electron chi connectivity index (χ1n) is 10.7. The zero-order valence-electron chi connectivity index (χ0n) is 17.5. The van der Waals surface area contributed by atoms with E-state index in [1.165, 1.54) is 22.2 Å². The first-order valence-corrected chi connectivity index (χ1v) is 10.7. The molecular weight excluding hydrogens is 360 g/mol. The molecule has 1 aliphatic rings. The van der Waals surface area contributed by atoms with Gasteiger partial charge in [-0.1, -0.05) is 61.9 Å². The lowest BCUT2D eigenvalue weighted by molar-refractivity contribution is -0.156. The summed E-state index contributed by atoms with van der Waals surface area (Å²) < 4.78 is 5.70. The monoisotopic (exact) mass is 390 g/mol. The van der Waals surface area contributed by atoms with Gasteiger partial charge in [-0.25, -0.2) is 0 Å². The zero-order chi connectivity index (χ0) is 20.4. The summed E-state index contributed by atoms with van der Waals surface area (Å²) in [6.07, 6.45) is 2.61. The smallest absolute Gasteiger partial charge is 0.323 e. The van der Waals surface area contributed by atoms with Crippen molar-refractivity contribution in [1.29, 1.82) is 0 Å². The molecule has 0 radical (unpaired) electrons. The molecule has 0 unspecified atom stereocenters. The maximum absolute atomic E-state index is 13.2. The number of rotatable bonds is 6. The van der Waals surface area contributed by atoms with Crippen molar-refractivity contribution in [2.45, 2.75) is 64.8 Å². The largest absolute Gasteiger partial charge is 0.462 e. The molecule has 0 bridgehead atoms. The SMILES string of the molecule is CCC[C@H]1c2[nH]c3ccccc3c2C[C@H](C(=O)OC(C)C)N1Cc1ccccc1. The summed E-state index contributed by atoms with van der Waals surface area (Å²) in [6.45, 7) is 6.78. The molecule has 4 rings (SSSR count). The molecule has 2 heterocycles. The Hall–Kier alpha value is -2.59. The molecule has 2 atom stereocenters. The Labute approximate surface area is 172 Å². The number of esters is 1. The van der Waals surface area contributed by atoms with E-state index in [0.717, 1.165) is 24.9 Å². The van der Waals surface area contributed by atoms with Crippen LogP contribution in [-0.4, -0.2) is 28.0 Å². The van der Waals surface area contributed by atoms with Gasteiger partial charge in [0.25, 0.3) is 0 Å². The number of H-pyrrole nitrogens is 1. The molecule has 29 heavy (non-hydrogen) atoms. The summed E-state index contributed by atoms with van der Waals surface area (Å²) in [4.78, 5) is 19.2. The molecule has 1 aliphatic heterocycles. The minimum absolute atomic E-state index is 0.116. The third kappa shape index (κ3) is 3.95. The molecule has 0 fully saturated rings. The lowest BCUT2D eigenvalue weighted by Crippen LogP contribution is -2.48. The van der Waals surface area contributed by atoms with Crippen molar-refractivity contribution in [1.82, 2.24) is 9.88 Å². The van der Waals surface area contributed by atoms with Crippen molar-refractivity contribution in [3.8, 4) is 0 Å². The fourth-order valence-electron chi connectivity index (χ4n) is 4.55. The molecule has 1 aromatic heterocycles. The summed E-state index contributed by atoms with van der Waals surface area (Å²) in [6, 6.07) is 18.7. The van der Waals surface area contributed by atoms with Gasteiger partial charge in [-0.2, -0.15) is 0 Å². The number of nitrogens with zero attached hydrogens (tertiary/aromatic N) is 1. The lowest BCUT2D eigenvalue weighted by Gasteiger charge is -2.41. The molecule has 0 aliphatic carbocycles. The molecular formula is C25H30N2O2. The molecule has 3 aromatic rings. The maximum Gasteiger partial charge on any atom is 0.323 e. The molecule has 0 saturated heterocycles. The first kappa shape index (κ1) is 19.7. The van der Waals surface area contributed by atoms with Crippen LogP contribution in [0.1, 0.15) is 56.5 Å². The number of hydrogen-bond donors (Lipinski definition) is 1. The second-order valence-electron chi connectivity index (χ2n) is 8.23. The first-order chi connectivity index (χ1) is 14.1. The second kappa shape index (κ2) is 8.42. The van der Waals surface area contributed by atoms with Crippen LogP contribution in [0.4, 0.5) is 0 Å². The molecule has 152 valence electrons. The van der Waals surface area contributed by atoms with Gasteiger partial charge in [0, 0.05) is 29.6 Å². The van der Waals surface area contributed by atoms with Crippen molar-refractivity contribution < 1.29 is 9.53 Å². The molecule has 0 amide bonds. The quantitative estimate of drug-likeness (QED) is 0.574. The number of para-hydroxylation sites is 1.